The van der Waals surface area contributed by atoms with E-state index in [2.05, 4.69) is 21.3 Å². The number of carboxylic acids is 2. The summed E-state index contributed by atoms with van der Waals surface area (Å²) in [5, 5.41) is 29.3. The molecule has 0 spiro atoms. The molecule has 12 heteroatoms. The Kier molecular flexibility index (Phi) is 38.1. The minimum atomic E-state index is -0.737. The van der Waals surface area contributed by atoms with E-state index in [0.717, 1.165) is 173 Å². The molecule has 12 nitrogen and oxygen atoms in total. The van der Waals surface area contributed by atoms with E-state index in [1.54, 1.807) is 0 Å². The highest BCUT2D eigenvalue weighted by Crippen LogP contribution is 2.11. The maximum atomic E-state index is 12.1. The molecule has 0 unspecified atom stereocenters. The Morgan fingerprint density at radius 2 is 0.400 bits per heavy atom. The number of carboxylic acid groups (broad SMARTS) is 2. The molecule has 0 aliphatic rings. The first-order chi connectivity index (χ1) is 26.7. The molecule has 0 aliphatic carbocycles. The van der Waals surface area contributed by atoms with Crippen LogP contribution in [0.2, 0.25) is 0 Å². The van der Waals surface area contributed by atoms with E-state index in [9.17, 15) is 28.8 Å². The van der Waals surface area contributed by atoms with E-state index >= 15 is 0 Å². The van der Waals surface area contributed by atoms with E-state index in [0.29, 0.717) is 51.9 Å². The number of aliphatic carboxylic acids is 2. The average Bonchev–Trinajstić information content (AvgIpc) is 3.14. The van der Waals surface area contributed by atoms with E-state index in [1.807, 2.05) is 0 Å². The van der Waals surface area contributed by atoms with Crippen molar-refractivity contribution in [1.82, 2.24) is 21.3 Å². The first kappa shape index (κ1) is 51.8. The highest BCUT2D eigenvalue weighted by atomic mass is 16.4. The molecule has 0 aliphatic heterocycles. The van der Waals surface area contributed by atoms with Gasteiger partial charge in [0.2, 0.25) is 23.6 Å². The van der Waals surface area contributed by atoms with Crippen LogP contribution in [0, 0.1) is 0 Å². The fraction of sp³-hybridized carbons (Fsp3) is 0.860. The molecule has 320 valence electrons. The Morgan fingerprint density at radius 1 is 0.236 bits per heavy atom. The highest BCUT2D eigenvalue weighted by Gasteiger charge is 2.05. The van der Waals surface area contributed by atoms with Gasteiger partial charge in [0.25, 0.3) is 0 Å². The fourth-order valence-electron chi connectivity index (χ4n) is 6.46. The van der Waals surface area contributed by atoms with Gasteiger partial charge in [-0.1, -0.05) is 109 Å². The lowest BCUT2D eigenvalue weighted by molar-refractivity contribution is -0.138. The van der Waals surface area contributed by atoms with Crippen molar-refractivity contribution in [3.63, 3.8) is 0 Å². The molecule has 0 radical (unpaired) electrons. The number of hydrogen-bond donors (Lipinski definition) is 6. The number of hydrogen-bond acceptors (Lipinski definition) is 6. The van der Waals surface area contributed by atoms with E-state index in [-0.39, 0.29) is 36.5 Å². The van der Waals surface area contributed by atoms with Crippen molar-refractivity contribution >= 4 is 35.6 Å². The van der Waals surface area contributed by atoms with Gasteiger partial charge in [-0.3, -0.25) is 28.8 Å². The Labute approximate surface area is 333 Å². The molecule has 0 aromatic heterocycles. The number of carbonyl (C=O) groups excluding carboxylic acids is 4. The molecule has 0 rings (SSSR count). The van der Waals surface area contributed by atoms with Crippen molar-refractivity contribution < 1.29 is 39.0 Å². The SMILES string of the molecule is O=C(O)CCCCCCCNC(=O)CCCCCCCNC(=O)CCCCCCCCCC(=O)NCCCCCCCC(=O)NCCCCCCCC(=O)O. The minimum Gasteiger partial charge on any atom is -0.481 e. The van der Waals surface area contributed by atoms with Crippen molar-refractivity contribution in [2.75, 3.05) is 26.2 Å². The number of rotatable bonds is 42. The molecule has 4 amide bonds. The van der Waals surface area contributed by atoms with Crippen LogP contribution in [0.5, 0.6) is 0 Å². The van der Waals surface area contributed by atoms with Gasteiger partial charge in [0.15, 0.2) is 0 Å². The summed E-state index contributed by atoms with van der Waals surface area (Å²) < 4.78 is 0. The van der Waals surface area contributed by atoms with E-state index < -0.39 is 11.9 Å². The second-order valence-corrected chi connectivity index (χ2v) is 15.2. The molecule has 0 heterocycles. The first-order valence-electron chi connectivity index (χ1n) is 22.2. The maximum absolute atomic E-state index is 12.1. The number of nitrogens with one attached hydrogen (secondary N) is 4. The van der Waals surface area contributed by atoms with Gasteiger partial charge in [0.1, 0.15) is 0 Å². The van der Waals surface area contributed by atoms with Gasteiger partial charge in [0.05, 0.1) is 0 Å². The molecule has 55 heavy (non-hydrogen) atoms. The largest absolute Gasteiger partial charge is 0.481 e. The van der Waals surface area contributed by atoms with Crippen LogP contribution in [0.1, 0.15) is 212 Å². The summed E-state index contributed by atoms with van der Waals surface area (Å²) in [5.74, 6) is -0.985. The van der Waals surface area contributed by atoms with Gasteiger partial charge in [-0.2, -0.15) is 0 Å². The molecule has 0 aromatic rings. The van der Waals surface area contributed by atoms with Crippen LogP contribution in [0.3, 0.4) is 0 Å². The zero-order chi connectivity index (χ0) is 40.5. The number of unbranched alkanes of at least 4 members (excludes halogenated alkanes) is 22. The monoisotopic (exact) mass is 781 g/mol. The zero-order valence-corrected chi connectivity index (χ0v) is 34.5. The lowest BCUT2D eigenvalue weighted by Crippen LogP contribution is -2.24. The molecule has 0 atom stereocenters. The summed E-state index contributed by atoms with van der Waals surface area (Å²) in [6.07, 6.45) is 29.3. The molecular formula is C43H80N4O8. The van der Waals surface area contributed by atoms with Gasteiger partial charge in [0, 0.05) is 64.7 Å². The summed E-state index contributed by atoms with van der Waals surface area (Å²) in [5.41, 5.74) is 0. The number of amides is 4. The minimum absolute atomic E-state index is 0.110. The van der Waals surface area contributed by atoms with Crippen LogP contribution < -0.4 is 21.3 Å². The molecule has 0 saturated heterocycles. The Bertz CT molecular complexity index is 918. The van der Waals surface area contributed by atoms with Crippen LogP contribution >= 0.6 is 0 Å². The standard InChI is InChI=1S/C43H80N4O8/c48-38(44-34-24-14-4-10-20-30-40(50)46-36-26-16-6-12-22-32-42(52)53)28-18-8-2-1-3-9-19-29-39(49)45-35-25-15-5-11-21-31-41(51)47-37-27-17-7-13-23-33-43(54)55/h1-37H2,(H,44,48)(H,45,49)(H,46,50)(H,47,51)(H,52,53)(H,54,55). The third-order valence-corrected chi connectivity index (χ3v) is 9.89. The molecular weight excluding hydrogens is 700 g/mol. The van der Waals surface area contributed by atoms with Gasteiger partial charge in [-0.05, 0) is 64.2 Å². The molecule has 0 saturated carbocycles. The van der Waals surface area contributed by atoms with Gasteiger partial charge >= 0.3 is 11.9 Å². The zero-order valence-electron chi connectivity index (χ0n) is 34.5. The Morgan fingerprint density at radius 3 is 0.600 bits per heavy atom. The summed E-state index contributed by atoms with van der Waals surface area (Å²) in [7, 11) is 0. The Balaban J connectivity index is 3.36. The van der Waals surface area contributed by atoms with Crippen LogP contribution in [0.15, 0.2) is 0 Å². The van der Waals surface area contributed by atoms with Crippen molar-refractivity contribution in [2.45, 2.75) is 212 Å². The highest BCUT2D eigenvalue weighted by molar-refractivity contribution is 5.76. The Hall–Kier alpha value is -3.18. The van der Waals surface area contributed by atoms with Crippen molar-refractivity contribution in [2.24, 2.45) is 0 Å². The lowest BCUT2D eigenvalue weighted by atomic mass is 10.1. The number of carbonyl (C=O) groups is 6. The smallest absolute Gasteiger partial charge is 0.303 e. The van der Waals surface area contributed by atoms with Crippen molar-refractivity contribution in [1.29, 1.82) is 0 Å². The first-order valence-corrected chi connectivity index (χ1v) is 22.2. The second-order valence-electron chi connectivity index (χ2n) is 15.2. The predicted octanol–water partition coefficient (Wildman–Crippen LogP) is 8.49. The molecule has 0 fully saturated rings. The summed E-state index contributed by atoms with van der Waals surface area (Å²) in [6, 6.07) is 0. The predicted molar refractivity (Wildman–Crippen MR) is 220 cm³/mol. The third-order valence-electron chi connectivity index (χ3n) is 9.89. The van der Waals surface area contributed by atoms with Crippen LogP contribution in [-0.4, -0.2) is 72.0 Å². The summed E-state index contributed by atoms with van der Waals surface area (Å²) in [4.78, 5) is 69.1. The maximum Gasteiger partial charge on any atom is 0.303 e. The molecule has 6 N–H and O–H groups in total. The second kappa shape index (κ2) is 40.5. The summed E-state index contributed by atoms with van der Waals surface area (Å²) >= 11 is 0. The lowest BCUT2D eigenvalue weighted by Gasteiger charge is -2.07. The van der Waals surface area contributed by atoms with Gasteiger partial charge < -0.3 is 31.5 Å². The topological polar surface area (TPSA) is 191 Å². The average molecular weight is 781 g/mol. The summed E-state index contributed by atoms with van der Waals surface area (Å²) in [6.45, 7) is 2.82. The van der Waals surface area contributed by atoms with Crippen LogP contribution in [0.4, 0.5) is 0 Å². The van der Waals surface area contributed by atoms with Crippen LogP contribution in [0.25, 0.3) is 0 Å². The fourth-order valence-corrected chi connectivity index (χ4v) is 6.46. The normalized spacial score (nSPS) is 10.9. The molecule has 0 aromatic carbocycles. The van der Waals surface area contributed by atoms with E-state index in [4.69, 9.17) is 10.2 Å². The van der Waals surface area contributed by atoms with Gasteiger partial charge in [-0.25, -0.2) is 0 Å². The van der Waals surface area contributed by atoms with Crippen molar-refractivity contribution in [3.8, 4) is 0 Å². The quantitative estimate of drug-likeness (QED) is 0.0332. The third kappa shape index (κ3) is 43.4. The molecule has 0 bridgehead atoms. The van der Waals surface area contributed by atoms with Gasteiger partial charge in [-0.15, -0.1) is 0 Å². The van der Waals surface area contributed by atoms with Crippen molar-refractivity contribution in [3.05, 3.63) is 0 Å². The van der Waals surface area contributed by atoms with E-state index in [1.165, 1.54) is 0 Å². The van der Waals surface area contributed by atoms with Crippen LogP contribution in [-0.2, 0) is 28.8 Å².